The van der Waals surface area contributed by atoms with E-state index in [1.54, 1.807) is 11.3 Å². The predicted molar refractivity (Wildman–Crippen MR) is 115 cm³/mol. The molecule has 5 heteroatoms. The normalized spacial score (nSPS) is 20.9. The molecule has 1 aromatic heterocycles. The van der Waals surface area contributed by atoms with Crippen LogP contribution in [0.3, 0.4) is 0 Å². The van der Waals surface area contributed by atoms with Crippen molar-refractivity contribution in [1.82, 2.24) is 0 Å². The molecule has 146 valence electrons. The fourth-order valence-electron chi connectivity index (χ4n) is 4.35. The molecule has 0 fully saturated rings. The summed E-state index contributed by atoms with van der Waals surface area (Å²) in [4.78, 5) is 29.5. The van der Waals surface area contributed by atoms with E-state index in [1.807, 2.05) is 41.5 Å². The number of nitrogens with one attached hydrogen (secondary N) is 1. The lowest BCUT2D eigenvalue weighted by Gasteiger charge is -2.36. The van der Waals surface area contributed by atoms with Gasteiger partial charge >= 0.3 is 0 Å². The van der Waals surface area contributed by atoms with Gasteiger partial charge in [0.2, 0.25) is 5.91 Å². The molecule has 2 aliphatic rings. The molecule has 2 aromatic rings. The molecule has 0 bridgehead atoms. The summed E-state index contributed by atoms with van der Waals surface area (Å²) < 4.78 is 0. The van der Waals surface area contributed by atoms with E-state index in [9.17, 15) is 9.59 Å². The highest BCUT2D eigenvalue weighted by molar-refractivity contribution is 7.10. The highest BCUT2D eigenvalue weighted by Crippen LogP contribution is 2.49. The zero-order chi connectivity index (χ0) is 20.1. The molecular weight excluding hydrogens is 368 g/mol. The Morgan fingerprint density at radius 3 is 2.68 bits per heavy atom. The van der Waals surface area contributed by atoms with Gasteiger partial charge in [0, 0.05) is 29.0 Å². The summed E-state index contributed by atoms with van der Waals surface area (Å²) in [6, 6.07) is 9.57. The Labute approximate surface area is 170 Å². The first kappa shape index (κ1) is 18.9. The first-order chi connectivity index (χ1) is 13.3. The van der Waals surface area contributed by atoms with Crippen LogP contribution in [0, 0.1) is 12.3 Å². The van der Waals surface area contributed by atoms with Gasteiger partial charge in [0.1, 0.15) is 6.04 Å². The number of benzene rings is 1. The van der Waals surface area contributed by atoms with E-state index in [-0.39, 0.29) is 23.1 Å². The van der Waals surface area contributed by atoms with Crippen LogP contribution in [0.1, 0.15) is 56.5 Å². The number of rotatable bonds is 2. The van der Waals surface area contributed by atoms with Crippen LogP contribution in [-0.2, 0) is 9.59 Å². The van der Waals surface area contributed by atoms with Gasteiger partial charge in [0.05, 0.1) is 11.4 Å². The average molecular weight is 395 g/mol. The molecular formula is C23H26N2O2S. The molecule has 1 atom stereocenters. The van der Waals surface area contributed by atoms with Gasteiger partial charge in [-0.2, -0.15) is 0 Å². The average Bonchev–Trinajstić information content (AvgIpc) is 2.99. The van der Waals surface area contributed by atoms with Crippen molar-refractivity contribution < 1.29 is 9.59 Å². The molecule has 0 saturated carbocycles. The molecule has 1 aromatic carbocycles. The minimum Gasteiger partial charge on any atom is -0.357 e. The maximum atomic E-state index is 13.4. The lowest BCUT2D eigenvalue weighted by atomic mass is 9.74. The molecule has 0 radical (unpaired) electrons. The number of thiophene rings is 1. The van der Waals surface area contributed by atoms with Crippen LogP contribution in [0.15, 0.2) is 47.0 Å². The van der Waals surface area contributed by atoms with E-state index in [0.717, 1.165) is 39.5 Å². The molecule has 2 heterocycles. The second kappa shape index (κ2) is 6.89. The molecule has 1 N–H and O–H groups in total. The highest BCUT2D eigenvalue weighted by atomic mass is 32.1. The minimum absolute atomic E-state index is 0.0263. The van der Waals surface area contributed by atoms with Crippen LogP contribution < -0.4 is 10.2 Å². The standard InChI is InChI=1S/C23H26N2O2S/c1-5-19(27)25-17-9-7-6-8-15(17)24-16-12-23(3,4)13-18(26)20(16)21(25)22-14(2)10-11-28-22/h6-11,21,24H,5,12-13H2,1-4H3/t21-/m1/s1. The van der Waals surface area contributed by atoms with Crippen LogP contribution in [0.25, 0.3) is 0 Å². The number of ketones is 1. The van der Waals surface area contributed by atoms with Gasteiger partial charge in [0.25, 0.3) is 0 Å². The number of allylic oxidation sites excluding steroid dienone is 1. The summed E-state index contributed by atoms with van der Waals surface area (Å²) in [5, 5.41) is 5.58. The van der Waals surface area contributed by atoms with Crippen molar-refractivity contribution in [3.05, 3.63) is 57.4 Å². The van der Waals surface area contributed by atoms with Gasteiger partial charge in [-0.15, -0.1) is 11.3 Å². The summed E-state index contributed by atoms with van der Waals surface area (Å²) in [5.41, 5.74) is 4.45. The third-order valence-corrected chi connectivity index (χ3v) is 6.69. The molecule has 1 aliphatic carbocycles. The van der Waals surface area contributed by atoms with Crippen molar-refractivity contribution in [2.45, 2.75) is 53.0 Å². The van der Waals surface area contributed by atoms with Gasteiger partial charge in [-0.05, 0) is 47.9 Å². The number of Topliss-reactive ketones (excluding diaryl/α,β-unsaturated/α-hetero) is 1. The van der Waals surface area contributed by atoms with Crippen molar-refractivity contribution in [2.75, 3.05) is 10.2 Å². The molecule has 4 rings (SSSR count). The van der Waals surface area contributed by atoms with Gasteiger partial charge in [-0.1, -0.05) is 32.9 Å². The maximum Gasteiger partial charge on any atom is 0.227 e. The lowest BCUT2D eigenvalue weighted by molar-refractivity contribution is -0.119. The quantitative estimate of drug-likeness (QED) is 0.720. The van der Waals surface area contributed by atoms with E-state index in [0.29, 0.717) is 12.8 Å². The molecule has 28 heavy (non-hydrogen) atoms. The van der Waals surface area contributed by atoms with Crippen molar-refractivity contribution in [2.24, 2.45) is 5.41 Å². The summed E-state index contributed by atoms with van der Waals surface area (Å²) in [6.07, 6.45) is 1.67. The number of amides is 1. The third kappa shape index (κ3) is 3.08. The molecule has 1 amide bonds. The van der Waals surface area contributed by atoms with Gasteiger partial charge in [-0.25, -0.2) is 0 Å². The second-order valence-corrected chi connectivity index (χ2v) is 9.41. The second-order valence-electron chi connectivity index (χ2n) is 8.46. The maximum absolute atomic E-state index is 13.4. The van der Waals surface area contributed by atoms with Crippen LogP contribution in [0.2, 0.25) is 0 Å². The number of para-hydroxylation sites is 2. The topological polar surface area (TPSA) is 49.4 Å². The zero-order valence-corrected chi connectivity index (χ0v) is 17.7. The Morgan fingerprint density at radius 1 is 1.25 bits per heavy atom. The number of carbonyl (C=O) groups is 2. The van der Waals surface area contributed by atoms with Crippen LogP contribution in [0.5, 0.6) is 0 Å². The molecule has 0 saturated heterocycles. The van der Waals surface area contributed by atoms with E-state index >= 15 is 0 Å². The smallest absolute Gasteiger partial charge is 0.227 e. The molecule has 0 unspecified atom stereocenters. The number of hydrogen-bond donors (Lipinski definition) is 1. The van der Waals surface area contributed by atoms with Gasteiger partial charge in [0.15, 0.2) is 5.78 Å². The van der Waals surface area contributed by atoms with E-state index in [2.05, 4.69) is 32.2 Å². The molecule has 1 aliphatic heterocycles. The summed E-state index contributed by atoms with van der Waals surface area (Å²) in [5.74, 6) is 0.164. The summed E-state index contributed by atoms with van der Waals surface area (Å²) in [7, 11) is 0. The first-order valence-electron chi connectivity index (χ1n) is 9.81. The summed E-state index contributed by atoms with van der Waals surface area (Å²) >= 11 is 1.62. The monoisotopic (exact) mass is 394 g/mol. The fraction of sp³-hybridized carbons (Fsp3) is 0.391. The van der Waals surface area contributed by atoms with Crippen LogP contribution in [-0.4, -0.2) is 11.7 Å². The lowest BCUT2D eigenvalue weighted by Crippen LogP contribution is -2.39. The van der Waals surface area contributed by atoms with Crippen molar-refractivity contribution in [1.29, 1.82) is 0 Å². The van der Waals surface area contributed by atoms with Crippen molar-refractivity contribution in [3.63, 3.8) is 0 Å². The number of aryl methyl sites for hydroxylation is 1. The van der Waals surface area contributed by atoms with E-state index in [4.69, 9.17) is 0 Å². The van der Waals surface area contributed by atoms with Crippen LogP contribution in [0.4, 0.5) is 11.4 Å². The van der Waals surface area contributed by atoms with Crippen molar-refractivity contribution in [3.8, 4) is 0 Å². The largest absolute Gasteiger partial charge is 0.357 e. The Balaban J connectivity index is 2.02. The number of fused-ring (bicyclic) bond motifs is 1. The van der Waals surface area contributed by atoms with E-state index in [1.165, 1.54) is 0 Å². The van der Waals surface area contributed by atoms with Gasteiger partial charge in [-0.3, -0.25) is 14.5 Å². The highest BCUT2D eigenvalue weighted by Gasteiger charge is 2.43. The van der Waals surface area contributed by atoms with Crippen molar-refractivity contribution >= 4 is 34.4 Å². The first-order valence-corrected chi connectivity index (χ1v) is 10.7. The summed E-state index contributed by atoms with van der Waals surface area (Å²) in [6.45, 7) is 8.20. The molecule has 0 spiro atoms. The van der Waals surface area contributed by atoms with Gasteiger partial charge < -0.3 is 5.32 Å². The molecule has 4 nitrogen and oxygen atoms in total. The minimum atomic E-state index is -0.373. The number of anilines is 2. The van der Waals surface area contributed by atoms with E-state index < -0.39 is 0 Å². The Kier molecular flexibility index (Phi) is 4.66. The Hall–Kier alpha value is -2.40. The fourth-order valence-corrected chi connectivity index (χ4v) is 5.37. The Morgan fingerprint density at radius 2 is 2.00 bits per heavy atom. The van der Waals surface area contributed by atoms with Crippen LogP contribution >= 0.6 is 11.3 Å². The third-order valence-electron chi connectivity index (χ3n) is 5.62. The SMILES string of the molecule is CCC(=O)N1c2ccccc2NC2=C(C(=O)CC(C)(C)C2)[C@@H]1c1sccc1C. The number of hydrogen-bond acceptors (Lipinski definition) is 4. The zero-order valence-electron chi connectivity index (χ0n) is 16.8. The number of carbonyl (C=O) groups excluding carboxylic acids is 2. The number of nitrogens with zero attached hydrogens (tertiary/aromatic N) is 1. The Bertz CT molecular complexity index is 986. The predicted octanol–water partition coefficient (Wildman–Crippen LogP) is 5.61.